The molecule has 146 valence electrons. The molecule has 0 aromatic heterocycles. The van der Waals surface area contributed by atoms with Crippen LogP contribution in [0, 0.1) is 18.6 Å². The van der Waals surface area contributed by atoms with Gasteiger partial charge >= 0.3 is 6.09 Å². The molecule has 0 saturated carbocycles. The molecule has 1 aromatic carbocycles. The number of hydrogen-bond acceptors (Lipinski definition) is 2. The summed E-state index contributed by atoms with van der Waals surface area (Å²) in [6.45, 7) is 12.4. The van der Waals surface area contributed by atoms with E-state index in [1.54, 1.807) is 25.2 Å². The van der Waals surface area contributed by atoms with Crippen molar-refractivity contribution in [1.82, 2.24) is 0 Å². The fraction of sp³-hybridized carbons (Fsp3) is 0.286. The fourth-order valence-corrected chi connectivity index (χ4v) is 1.81. The number of rotatable bonds is 5. The lowest BCUT2D eigenvalue weighted by molar-refractivity contribution is 0.167. The average Bonchev–Trinajstić information content (AvgIpc) is 2.63. The van der Waals surface area contributed by atoms with Gasteiger partial charge in [0.15, 0.2) is 0 Å². The third kappa shape index (κ3) is 8.79. The number of benzene rings is 1. The summed E-state index contributed by atoms with van der Waals surface area (Å²) in [6.07, 6.45) is 4.09. The second-order valence-electron chi connectivity index (χ2n) is 5.34. The van der Waals surface area contributed by atoms with Crippen molar-refractivity contribution in [2.24, 2.45) is 10.7 Å². The number of carbonyl (C=O) groups is 1. The van der Waals surface area contributed by atoms with Gasteiger partial charge in [0.25, 0.3) is 0 Å². The van der Waals surface area contributed by atoms with Crippen molar-refractivity contribution in [1.29, 1.82) is 0 Å². The number of amides is 1. The van der Waals surface area contributed by atoms with E-state index in [4.69, 9.17) is 10.5 Å². The smallest absolute Gasteiger partial charge is 0.435 e. The van der Waals surface area contributed by atoms with Crippen molar-refractivity contribution in [3.05, 3.63) is 76.6 Å². The number of allylic oxidation sites excluding steroid dienone is 3. The molecule has 6 heteroatoms. The minimum Gasteiger partial charge on any atom is -0.443 e. The molecule has 0 heterocycles. The second kappa shape index (κ2) is 12.4. The lowest BCUT2D eigenvalue weighted by atomic mass is 10.1. The van der Waals surface area contributed by atoms with Crippen molar-refractivity contribution in [3.8, 4) is 0 Å². The van der Waals surface area contributed by atoms with Crippen molar-refractivity contribution < 1.29 is 18.3 Å². The highest BCUT2D eigenvalue weighted by molar-refractivity contribution is 6.02. The van der Waals surface area contributed by atoms with Crippen LogP contribution in [0.4, 0.5) is 13.6 Å². The third-order valence-electron chi connectivity index (χ3n) is 3.10. The first kappa shape index (κ1) is 24.0. The zero-order chi connectivity index (χ0) is 21.0. The van der Waals surface area contributed by atoms with E-state index in [2.05, 4.69) is 17.3 Å². The molecule has 0 spiro atoms. The summed E-state index contributed by atoms with van der Waals surface area (Å²) >= 11 is 0. The average molecular weight is 376 g/mol. The van der Waals surface area contributed by atoms with Gasteiger partial charge in [0, 0.05) is 11.1 Å². The highest BCUT2D eigenvalue weighted by Crippen LogP contribution is 2.14. The first-order valence-electron chi connectivity index (χ1n) is 8.43. The first-order chi connectivity index (χ1) is 12.7. The monoisotopic (exact) mass is 376 g/mol. The van der Waals surface area contributed by atoms with E-state index in [0.717, 1.165) is 23.3 Å². The summed E-state index contributed by atoms with van der Waals surface area (Å²) < 4.78 is 32.0. The van der Waals surface area contributed by atoms with Gasteiger partial charge in [-0.2, -0.15) is 4.99 Å². The van der Waals surface area contributed by atoms with Crippen molar-refractivity contribution in [2.75, 3.05) is 6.61 Å². The largest absolute Gasteiger partial charge is 0.443 e. The van der Waals surface area contributed by atoms with Gasteiger partial charge in [0.2, 0.25) is 0 Å². The SMILES string of the molecule is C=CC=C=C(C)/C=C(\C)COC(=O)/N=C(\N)c1cc(F)c(C)c(F)c1.CC. The van der Waals surface area contributed by atoms with Gasteiger partial charge in [-0.1, -0.05) is 26.5 Å². The molecule has 0 bridgehead atoms. The van der Waals surface area contributed by atoms with Crippen LogP contribution in [0.1, 0.15) is 38.8 Å². The van der Waals surface area contributed by atoms with E-state index in [9.17, 15) is 13.6 Å². The highest BCUT2D eigenvalue weighted by atomic mass is 19.1. The van der Waals surface area contributed by atoms with Crippen LogP contribution in [0.25, 0.3) is 0 Å². The number of aliphatic imine (C=N–C) groups is 1. The Morgan fingerprint density at radius 2 is 1.85 bits per heavy atom. The van der Waals surface area contributed by atoms with Gasteiger partial charge in [-0.25, -0.2) is 13.6 Å². The predicted molar refractivity (Wildman–Crippen MR) is 106 cm³/mol. The van der Waals surface area contributed by atoms with Crippen molar-refractivity contribution in [3.63, 3.8) is 0 Å². The van der Waals surface area contributed by atoms with Crippen LogP contribution in [-0.2, 0) is 4.74 Å². The Kier molecular flexibility index (Phi) is 11.0. The van der Waals surface area contributed by atoms with Crippen LogP contribution in [0.15, 0.2) is 58.8 Å². The molecule has 0 atom stereocenters. The summed E-state index contributed by atoms with van der Waals surface area (Å²) in [5.41, 5.74) is 9.99. The molecule has 0 saturated heterocycles. The third-order valence-corrected chi connectivity index (χ3v) is 3.10. The Labute approximate surface area is 159 Å². The molecule has 0 fully saturated rings. The highest BCUT2D eigenvalue weighted by Gasteiger charge is 2.11. The zero-order valence-electron chi connectivity index (χ0n) is 16.4. The van der Waals surface area contributed by atoms with Crippen LogP contribution in [-0.4, -0.2) is 18.5 Å². The molecule has 27 heavy (non-hydrogen) atoms. The normalized spacial score (nSPS) is 10.9. The molecule has 1 aromatic rings. The standard InChI is InChI=1S/C19H20F2N2O2.C2H6/c1-5-6-7-12(2)8-13(3)11-25-19(24)23-18(22)15-9-16(20)14(4)17(21)10-15;1-2/h5-6,8-10H,1,11H2,2-4H3,(H2,22,23,24);1-2H3/b13-8+;. The Morgan fingerprint density at radius 3 is 2.37 bits per heavy atom. The van der Waals surface area contributed by atoms with Gasteiger partial charge in [0.1, 0.15) is 24.1 Å². The van der Waals surface area contributed by atoms with Crippen molar-refractivity contribution in [2.45, 2.75) is 34.6 Å². The molecule has 0 aliphatic heterocycles. The number of nitrogens with zero attached hydrogens (tertiary/aromatic N) is 1. The van der Waals surface area contributed by atoms with Crippen LogP contribution >= 0.6 is 0 Å². The minimum absolute atomic E-state index is 0.000652. The number of carbonyl (C=O) groups excluding carboxylic acids is 1. The van der Waals surface area contributed by atoms with E-state index in [-0.39, 0.29) is 23.6 Å². The van der Waals surface area contributed by atoms with Gasteiger partial charge in [-0.3, -0.25) is 0 Å². The lowest BCUT2D eigenvalue weighted by Crippen LogP contribution is -2.17. The van der Waals surface area contributed by atoms with E-state index >= 15 is 0 Å². The molecule has 2 N–H and O–H groups in total. The summed E-state index contributed by atoms with van der Waals surface area (Å²) in [4.78, 5) is 15.2. The maximum absolute atomic E-state index is 13.5. The molecular formula is C21H26F2N2O2. The maximum atomic E-state index is 13.5. The number of amidine groups is 1. The predicted octanol–water partition coefficient (Wildman–Crippen LogP) is 5.38. The lowest BCUT2D eigenvalue weighted by Gasteiger charge is -2.05. The van der Waals surface area contributed by atoms with E-state index in [0.29, 0.717) is 0 Å². The second-order valence-corrected chi connectivity index (χ2v) is 5.34. The molecule has 1 rings (SSSR count). The first-order valence-corrected chi connectivity index (χ1v) is 8.43. The molecule has 1 amide bonds. The van der Waals surface area contributed by atoms with E-state index in [1.807, 2.05) is 20.8 Å². The fourth-order valence-electron chi connectivity index (χ4n) is 1.81. The summed E-state index contributed by atoms with van der Waals surface area (Å²) in [6, 6.07) is 2.02. The number of halogens is 2. The number of nitrogens with two attached hydrogens (primary N) is 1. The molecule has 0 aliphatic carbocycles. The quantitative estimate of drug-likeness (QED) is 0.325. The van der Waals surface area contributed by atoms with Crippen LogP contribution in [0.5, 0.6) is 0 Å². The van der Waals surface area contributed by atoms with Gasteiger partial charge in [-0.15, -0.1) is 5.73 Å². The van der Waals surface area contributed by atoms with Gasteiger partial charge in [-0.05, 0) is 56.2 Å². The molecule has 0 aliphatic rings. The maximum Gasteiger partial charge on any atom is 0.435 e. The van der Waals surface area contributed by atoms with E-state index in [1.165, 1.54) is 6.92 Å². The Hall–Kier alpha value is -2.98. The molecular weight excluding hydrogens is 350 g/mol. The van der Waals surface area contributed by atoms with Crippen LogP contribution < -0.4 is 5.73 Å². The zero-order valence-corrected chi connectivity index (χ0v) is 16.4. The summed E-state index contributed by atoms with van der Waals surface area (Å²) in [7, 11) is 0. The summed E-state index contributed by atoms with van der Waals surface area (Å²) in [5, 5.41) is 0. The van der Waals surface area contributed by atoms with Crippen molar-refractivity contribution >= 4 is 11.9 Å². The van der Waals surface area contributed by atoms with Gasteiger partial charge in [0.05, 0.1) is 0 Å². The molecule has 0 radical (unpaired) electrons. The topological polar surface area (TPSA) is 64.7 Å². The van der Waals surface area contributed by atoms with Gasteiger partial charge < -0.3 is 10.5 Å². The Balaban J connectivity index is 0.00000326. The van der Waals surface area contributed by atoms with Crippen LogP contribution in [0.2, 0.25) is 0 Å². The minimum atomic E-state index is -0.949. The Morgan fingerprint density at radius 1 is 1.30 bits per heavy atom. The number of ether oxygens (including phenoxy) is 1. The molecule has 0 unspecified atom stereocenters. The molecule has 4 nitrogen and oxygen atoms in total. The number of hydrogen-bond donors (Lipinski definition) is 1. The van der Waals surface area contributed by atoms with Crippen LogP contribution in [0.3, 0.4) is 0 Å². The summed E-state index contributed by atoms with van der Waals surface area (Å²) in [5.74, 6) is -1.86. The Bertz CT molecular complexity index is 779. The van der Waals surface area contributed by atoms with E-state index < -0.39 is 17.7 Å².